The molecule has 0 aromatic heterocycles. The second-order valence-corrected chi connectivity index (χ2v) is 3.46. The van der Waals surface area contributed by atoms with Crippen molar-refractivity contribution in [1.29, 1.82) is 0 Å². The quantitative estimate of drug-likeness (QED) is 0.604. The SMILES string of the molecule is CCOC1COC2CCCC21. The van der Waals surface area contributed by atoms with Gasteiger partial charge in [-0.05, 0) is 19.8 Å². The summed E-state index contributed by atoms with van der Waals surface area (Å²) in [4.78, 5) is 0. The molecule has 1 saturated carbocycles. The van der Waals surface area contributed by atoms with Gasteiger partial charge in [-0.3, -0.25) is 0 Å². The maximum absolute atomic E-state index is 5.62. The zero-order valence-corrected chi connectivity index (χ0v) is 7.08. The molecule has 1 saturated heterocycles. The summed E-state index contributed by atoms with van der Waals surface area (Å²) in [5.41, 5.74) is 0. The first-order valence-corrected chi connectivity index (χ1v) is 4.65. The average Bonchev–Trinajstić information content (AvgIpc) is 2.53. The Bertz CT molecular complexity index is 134. The fraction of sp³-hybridized carbons (Fsp3) is 1.00. The zero-order chi connectivity index (χ0) is 7.68. The van der Waals surface area contributed by atoms with E-state index in [0.29, 0.717) is 12.2 Å². The Kier molecular flexibility index (Phi) is 2.14. The highest BCUT2D eigenvalue weighted by atomic mass is 16.6. The van der Waals surface area contributed by atoms with Crippen molar-refractivity contribution >= 4 is 0 Å². The van der Waals surface area contributed by atoms with E-state index < -0.39 is 0 Å². The van der Waals surface area contributed by atoms with Crippen LogP contribution in [0.3, 0.4) is 0 Å². The molecular weight excluding hydrogens is 140 g/mol. The maximum Gasteiger partial charge on any atom is 0.0861 e. The molecule has 0 bridgehead atoms. The zero-order valence-electron chi connectivity index (χ0n) is 7.08. The van der Waals surface area contributed by atoms with Crippen molar-refractivity contribution in [3.8, 4) is 0 Å². The molecule has 0 aromatic carbocycles. The van der Waals surface area contributed by atoms with Gasteiger partial charge < -0.3 is 9.47 Å². The highest BCUT2D eigenvalue weighted by Gasteiger charge is 2.40. The first-order valence-electron chi connectivity index (χ1n) is 4.65. The van der Waals surface area contributed by atoms with Crippen LogP contribution in [0.1, 0.15) is 26.2 Å². The Morgan fingerprint density at radius 1 is 1.45 bits per heavy atom. The smallest absolute Gasteiger partial charge is 0.0861 e. The lowest BCUT2D eigenvalue weighted by molar-refractivity contribution is 0.0302. The second-order valence-electron chi connectivity index (χ2n) is 3.46. The summed E-state index contributed by atoms with van der Waals surface area (Å²) in [6, 6.07) is 0. The van der Waals surface area contributed by atoms with Crippen molar-refractivity contribution in [1.82, 2.24) is 0 Å². The van der Waals surface area contributed by atoms with Crippen LogP contribution in [-0.2, 0) is 9.47 Å². The summed E-state index contributed by atoms with van der Waals surface area (Å²) < 4.78 is 11.2. The molecule has 1 aliphatic heterocycles. The Hall–Kier alpha value is -0.0800. The van der Waals surface area contributed by atoms with E-state index in [2.05, 4.69) is 6.92 Å². The van der Waals surface area contributed by atoms with Gasteiger partial charge in [0.2, 0.25) is 0 Å². The highest BCUT2D eigenvalue weighted by molar-refractivity contribution is 4.89. The molecule has 2 aliphatic rings. The molecule has 1 heterocycles. The number of rotatable bonds is 2. The number of hydrogen-bond donors (Lipinski definition) is 0. The van der Waals surface area contributed by atoms with Gasteiger partial charge in [-0.2, -0.15) is 0 Å². The first kappa shape index (κ1) is 7.56. The molecule has 0 radical (unpaired) electrons. The summed E-state index contributed by atoms with van der Waals surface area (Å²) in [7, 11) is 0. The molecule has 3 unspecified atom stereocenters. The monoisotopic (exact) mass is 156 g/mol. The van der Waals surface area contributed by atoms with Crippen molar-refractivity contribution in [2.75, 3.05) is 13.2 Å². The van der Waals surface area contributed by atoms with E-state index in [-0.39, 0.29) is 0 Å². The average molecular weight is 156 g/mol. The first-order chi connectivity index (χ1) is 5.42. The number of ether oxygens (including phenoxy) is 2. The van der Waals surface area contributed by atoms with Crippen LogP contribution < -0.4 is 0 Å². The predicted octanol–water partition coefficient (Wildman–Crippen LogP) is 1.59. The van der Waals surface area contributed by atoms with E-state index in [1.807, 2.05) is 0 Å². The van der Waals surface area contributed by atoms with Crippen LogP contribution in [0.4, 0.5) is 0 Å². The summed E-state index contributed by atoms with van der Waals surface area (Å²) in [6.45, 7) is 3.72. The molecular formula is C9H16O2. The van der Waals surface area contributed by atoms with E-state index in [4.69, 9.17) is 9.47 Å². The van der Waals surface area contributed by atoms with Gasteiger partial charge in [0.15, 0.2) is 0 Å². The normalized spacial score (nSPS) is 42.8. The molecule has 0 amide bonds. The van der Waals surface area contributed by atoms with Gasteiger partial charge in [0, 0.05) is 12.5 Å². The van der Waals surface area contributed by atoms with E-state index in [0.717, 1.165) is 19.1 Å². The third-order valence-electron chi connectivity index (χ3n) is 2.84. The van der Waals surface area contributed by atoms with Crippen LogP contribution in [0.2, 0.25) is 0 Å². The molecule has 0 N–H and O–H groups in total. The van der Waals surface area contributed by atoms with Gasteiger partial charge in [0.25, 0.3) is 0 Å². The lowest BCUT2D eigenvalue weighted by Gasteiger charge is -2.15. The Morgan fingerprint density at radius 3 is 3.18 bits per heavy atom. The van der Waals surface area contributed by atoms with Gasteiger partial charge in [0.1, 0.15) is 0 Å². The van der Waals surface area contributed by atoms with Crippen molar-refractivity contribution in [3.05, 3.63) is 0 Å². The molecule has 2 nitrogen and oxygen atoms in total. The minimum atomic E-state index is 0.410. The Morgan fingerprint density at radius 2 is 2.36 bits per heavy atom. The third-order valence-corrected chi connectivity index (χ3v) is 2.84. The number of hydrogen-bond acceptors (Lipinski definition) is 2. The van der Waals surface area contributed by atoms with Crippen LogP contribution in [0.25, 0.3) is 0 Å². The standard InChI is InChI=1S/C9H16O2/c1-2-10-9-6-11-8-5-3-4-7(8)9/h7-9H,2-6H2,1H3. The molecule has 11 heavy (non-hydrogen) atoms. The topological polar surface area (TPSA) is 18.5 Å². The van der Waals surface area contributed by atoms with Gasteiger partial charge in [-0.15, -0.1) is 0 Å². The molecule has 1 aliphatic carbocycles. The molecule has 2 heteroatoms. The number of fused-ring (bicyclic) bond motifs is 1. The van der Waals surface area contributed by atoms with Crippen LogP contribution >= 0.6 is 0 Å². The molecule has 2 fully saturated rings. The molecule has 0 spiro atoms. The largest absolute Gasteiger partial charge is 0.376 e. The van der Waals surface area contributed by atoms with E-state index in [1.165, 1.54) is 19.3 Å². The van der Waals surface area contributed by atoms with Crippen LogP contribution in [0, 0.1) is 5.92 Å². The summed E-state index contributed by atoms with van der Waals surface area (Å²) in [6.07, 6.45) is 4.85. The fourth-order valence-electron chi connectivity index (χ4n) is 2.31. The maximum atomic E-state index is 5.62. The second kappa shape index (κ2) is 3.11. The van der Waals surface area contributed by atoms with Gasteiger partial charge in [0.05, 0.1) is 18.8 Å². The molecule has 64 valence electrons. The predicted molar refractivity (Wildman–Crippen MR) is 42.5 cm³/mol. The van der Waals surface area contributed by atoms with E-state index in [9.17, 15) is 0 Å². The highest BCUT2D eigenvalue weighted by Crippen LogP contribution is 2.37. The van der Waals surface area contributed by atoms with Gasteiger partial charge in [-0.25, -0.2) is 0 Å². The third kappa shape index (κ3) is 1.30. The van der Waals surface area contributed by atoms with Gasteiger partial charge in [-0.1, -0.05) is 6.42 Å². The molecule has 3 atom stereocenters. The van der Waals surface area contributed by atoms with E-state index >= 15 is 0 Å². The van der Waals surface area contributed by atoms with Crippen molar-refractivity contribution in [2.45, 2.75) is 38.4 Å². The van der Waals surface area contributed by atoms with Crippen molar-refractivity contribution in [2.24, 2.45) is 5.92 Å². The van der Waals surface area contributed by atoms with Crippen LogP contribution in [0.5, 0.6) is 0 Å². The summed E-state index contributed by atoms with van der Waals surface area (Å²) >= 11 is 0. The van der Waals surface area contributed by atoms with Gasteiger partial charge >= 0.3 is 0 Å². The van der Waals surface area contributed by atoms with Crippen molar-refractivity contribution < 1.29 is 9.47 Å². The Balaban J connectivity index is 1.92. The fourth-order valence-corrected chi connectivity index (χ4v) is 2.31. The molecule has 2 rings (SSSR count). The Labute approximate surface area is 67.9 Å². The van der Waals surface area contributed by atoms with Crippen LogP contribution in [-0.4, -0.2) is 25.4 Å². The van der Waals surface area contributed by atoms with Crippen LogP contribution in [0.15, 0.2) is 0 Å². The summed E-state index contributed by atoms with van der Waals surface area (Å²) in [5.74, 6) is 0.718. The lowest BCUT2D eigenvalue weighted by atomic mass is 10.0. The lowest BCUT2D eigenvalue weighted by Crippen LogP contribution is -2.22. The molecule has 0 aromatic rings. The van der Waals surface area contributed by atoms with E-state index in [1.54, 1.807) is 0 Å². The minimum Gasteiger partial charge on any atom is -0.376 e. The summed E-state index contributed by atoms with van der Waals surface area (Å²) in [5, 5.41) is 0. The minimum absolute atomic E-state index is 0.410. The van der Waals surface area contributed by atoms with Crippen molar-refractivity contribution in [3.63, 3.8) is 0 Å².